The normalized spacial score (nSPS) is 17.2. The Morgan fingerprint density at radius 2 is 1.78 bits per heavy atom. The van der Waals surface area contributed by atoms with Crippen molar-refractivity contribution < 1.29 is 19.5 Å². The third-order valence-electron chi connectivity index (χ3n) is 6.51. The molecule has 1 aliphatic rings. The summed E-state index contributed by atoms with van der Waals surface area (Å²) >= 11 is 0. The summed E-state index contributed by atoms with van der Waals surface area (Å²) in [4.78, 5) is 33.2. The van der Waals surface area contributed by atoms with Crippen LogP contribution in [0.1, 0.15) is 39.6 Å². The van der Waals surface area contributed by atoms with Gasteiger partial charge in [-0.05, 0) is 47.7 Å². The van der Waals surface area contributed by atoms with Gasteiger partial charge < -0.3 is 20.2 Å². The van der Waals surface area contributed by atoms with E-state index in [4.69, 9.17) is 4.84 Å². The van der Waals surface area contributed by atoms with Crippen LogP contribution in [0.25, 0.3) is 11.1 Å². The number of nitrogens with zero attached hydrogens (tertiary/aromatic N) is 2. The van der Waals surface area contributed by atoms with Crippen LogP contribution < -0.4 is 5.32 Å². The fourth-order valence-electron chi connectivity index (χ4n) is 4.58. The van der Waals surface area contributed by atoms with Crippen LogP contribution in [-0.2, 0) is 9.63 Å². The second-order valence-corrected chi connectivity index (χ2v) is 9.01. The third kappa shape index (κ3) is 5.47. The van der Waals surface area contributed by atoms with E-state index in [1.165, 1.54) is 12.0 Å². The molecule has 3 aromatic rings. The third-order valence-corrected chi connectivity index (χ3v) is 6.51. The maximum Gasteiger partial charge on any atom is 0.255 e. The number of aryl methyl sites for hydroxylation is 2. The van der Waals surface area contributed by atoms with Crippen molar-refractivity contribution in [1.29, 1.82) is 0 Å². The first-order valence-corrected chi connectivity index (χ1v) is 12.0. The van der Waals surface area contributed by atoms with Crippen molar-refractivity contribution in [3.8, 4) is 11.1 Å². The average molecular weight is 486 g/mol. The largest absolute Gasteiger partial charge is 0.399 e. The smallest absolute Gasteiger partial charge is 0.255 e. The summed E-state index contributed by atoms with van der Waals surface area (Å²) in [6.45, 7) is 4.20. The van der Waals surface area contributed by atoms with Gasteiger partial charge in [-0.2, -0.15) is 0 Å². The molecule has 36 heavy (non-hydrogen) atoms. The van der Waals surface area contributed by atoms with E-state index in [0.29, 0.717) is 16.8 Å². The van der Waals surface area contributed by atoms with Gasteiger partial charge in [0.2, 0.25) is 5.91 Å². The zero-order valence-electron chi connectivity index (χ0n) is 20.8. The van der Waals surface area contributed by atoms with E-state index in [-0.39, 0.29) is 31.3 Å². The van der Waals surface area contributed by atoms with E-state index in [0.717, 1.165) is 22.3 Å². The lowest BCUT2D eigenvalue weighted by Gasteiger charge is -2.25. The maximum absolute atomic E-state index is 13.6. The van der Waals surface area contributed by atoms with Gasteiger partial charge in [0, 0.05) is 18.5 Å². The Hall–Kier alpha value is -3.97. The monoisotopic (exact) mass is 485 g/mol. The SMILES string of the molecule is CO/N=C1\C[C@@H](C(=O)NC[C@@H](O)c2ccccc2)N(C(=O)c2ccc(-c3ccccc3C)cc2C)C1. The van der Waals surface area contributed by atoms with E-state index in [2.05, 4.69) is 29.5 Å². The lowest BCUT2D eigenvalue weighted by atomic mass is 9.96. The molecule has 1 aliphatic heterocycles. The Bertz CT molecular complexity index is 1270. The van der Waals surface area contributed by atoms with Gasteiger partial charge in [0.25, 0.3) is 5.91 Å². The fourth-order valence-corrected chi connectivity index (χ4v) is 4.58. The summed E-state index contributed by atoms with van der Waals surface area (Å²) in [7, 11) is 1.44. The van der Waals surface area contributed by atoms with E-state index in [1.807, 2.05) is 55.5 Å². The number of carbonyl (C=O) groups excluding carboxylic acids is 2. The number of carbonyl (C=O) groups is 2. The predicted molar refractivity (Wildman–Crippen MR) is 140 cm³/mol. The number of aliphatic hydroxyl groups excluding tert-OH is 1. The summed E-state index contributed by atoms with van der Waals surface area (Å²) in [5.41, 5.74) is 6.00. The fraction of sp³-hybridized carbons (Fsp3) is 0.276. The highest BCUT2D eigenvalue weighted by Gasteiger charge is 2.39. The summed E-state index contributed by atoms with van der Waals surface area (Å²) in [6, 6.07) is 22.3. The Morgan fingerprint density at radius 1 is 1.06 bits per heavy atom. The number of amides is 2. The van der Waals surface area contributed by atoms with E-state index >= 15 is 0 Å². The van der Waals surface area contributed by atoms with Crippen molar-refractivity contribution >= 4 is 17.5 Å². The quantitative estimate of drug-likeness (QED) is 0.494. The number of oxime groups is 1. The number of aliphatic hydroxyl groups is 1. The molecular formula is C29H31N3O4. The van der Waals surface area contributed by atoms with Crippen LogP contribution in [-0.4, -0.2) is 53.8 Å². The van der Waals surface area contributed by atoms with Gasteiger partial charge in [-0.15, -0.1) is 0 Å². The highest BCUT2D eigenvalue weighted by atomic mass is 16.6. The van der Waals surface area contributed by atoms with Gasteiger partial charge >= 0.3 is 0 Å². The minimum Gasteiger partial charge on any atom is -0.399 e. The predicted octanol–water partition coefficient (Wildman–Crippen LogP) is 4.04. The van der Waals surface area contributed by atoms with Crippen molar-refractivity contribution in [1.82, 2.24) is 10.2 Å². The lowest BCUT2D eigenvalue weighted by molar-refractivity contribution is -0.125. The van der Waals surface area contributed by atoms with E-state index in [9.17, 15) is 14.7 Å². The molecule has 0 radical (unpaired) electrons. The molecule has 3 aromatic carbocycles. The first-order chi connectivity index (χ1) is 17.4. The first kappa shape index (κ1) is 25.1. The number of benzene rings is 3. The van der Waals surface area contributed by atoms with Crippen LogP contribution in [0.3, 0.4) is 0 Å². The van der Waals surface area contributed by atoms with E-state index in [1.54, 1.807) is 12.1 Å². The molecule has 2 N–H and O–H groups in total. The van der Waals surface area contributed by atoms with Crippen LogP contribution in [0.2, 0.25) is 0 Å². The number of likely N-dealkylation sites (tertiary alicyclic amines) is 1. The Labute approximate surface area is 211 Å². The molecule has 7 nitrogen and oxygen atoms in total. The molecule has 1 heterocycles. The number of hydrogen-bond acceptors (Lipinski definition) is 5. The molecule has 7 heteroatoms. The molecule has 0 bridgehead atoms. The molecule has 1 saturated heterocycles. The van der Waals surface area contributed by atoms with Gasteiger partial charge in [0.05, 0.1) is 18.4 Å². The molecule has 0 aromatic heterocycles. The molecule has 1 fully saturated rings. The minimum atomic E-state index is -0.843. The minimum absolute atomic E-state index is 0.0439. The van der Waals surface area contributed by atoms with Gasteiger partial charge in [0.15, 0.2) is 0 Å². The number of rotatable bonds is 7. The summed E-state index contributed by atoms with van der Waals surface area (Å²) < 4.78 is 0. The van der Waals surface area contributed by atoms with Crippen LogP contribution in [0, 0.1) is 13.8 Å². The van der Waals surface area contributed by atoms with E-state index < -0.39 is 12.1 Å². The Kier molecular flexibility index (Phi) is 7.80. The number of hydrogen-bond donors (Lipinski definition) is 2. The summed E-state index contributed by atoms with van der Waals surface area (Å²) in [5.74, 6) is -0.581. The van der Waals surface area contributed by atoms with Crippen molar-refractivity contribution in [2.45, 2.75) is 32.4 Å². The van der Waals surface area contributed by atoms with Gasteiger partial charge in [0.1, 0.15) is 13.2 Å². The highest BCUT2D eigenvalue weighted by Crippen LogP contribution is 2.27. The van der Waals surface area contributed by atoms with Crippen LogP contribution in [0.5, 0.6) is 0 Å². The Morgan fingerprint density at radius 3 is 2.47 bits per heavy atom. The highest BCUT2D eigenvalue weighted by molar-refractivity contribution is 6.06. The summed E-state index contributed by atoms with van der Waals surface area (Å²) in [5, 5.41) is 17.2. The Balaban J connectivity index is 1.53. The lowest BCUT2D eigenvalue weighted by Crippen LogP contribution is -2.47. The van der Waals surface area contributed by atoms with Crippen LogP contribution in [0.15, 0.2) is 78.0 Å². The standard InChI is InChI=1S/C29H31N3O4/c1-19-9-7-8-12-24(19)22-13-14-25(20(2)15-22)29(35)32-18-23(31-36-3)16-26(32)28(34)30-17-27(33)21-10-5-4-6-11-21/h4-15,26-27,33H,16-18H2,1-3H3,(H,30,34)/b31-23+/t26-,27+/m0/s1. The zero-order chi connectivity index (χ0) is 25.7. The molecule has 0 unspecified atom stereocenters. The zero-order valence-corrected chi connectivity index (χ0v) is 20.8. The summed E-state index contributed by atoms with van der Waals surface area (Å²) in [6.07, 6.45) is -0.572. The molecule has 0 saturated carbocycles. The first-order valence-electron chi connectivity index (χ1n) is 12.0. The molecule has 4 rings (SSSR count). The van der Waals surface area contributed by atoms with Gasteiger partial charge in [-0.3, -0.25) is 9.59 Å². The van der Waals surface area contributed by atoms with Crippen molar-refractivity contribution in [2.75, 3.05) is 20.2 Å². The second kappa shape index (κ2) is 11.2. The molecule has 2 atom stereocenters. The van der Waals surface area contributed by atoms with Crippen molar-refractivity contribution in [3.05, 3.63) is 95.1 Å². The molecule has 0 aliphatic carbocycles. The maximum atomic E-state index is 13.6. The molecular weight excluding hydrogens is 454 g/mol. The second-order valence-electron chi connectivity index (χ2n) is 9.01. The molecule has 0 spiro atoms. The van der Waals surface area contributed by atoms with Crippen molar-refractivity contribution in [3.63, 3.8) is 0 Å². The number of nitrogens with one attached hydrogen (secondary N) is 1. The van der Waals surface area contributed by atoms with Crippen LogP contribution in [0.4, 0.5) is 0 Å². The van der Waals surface area contributed by atoms with Gasteiger partial charge in [-0.1, -0.05) is 71.9 Å². The van der Waals surface area contributed by atoms with Gasteiger partial charge in [-0.25, -0.2) is 0 Å². The van der Waals surface area contributed by atoms with Crippen molar-refractivity contribution in [2.24, 2.45) is 5.16 Å². The topological polar surface area (TPSA) is 91.2 Å². The van der Waals surface area contributed by atoms with Crippen LogP contribution >= 0.6 is 0 Å². The average Bonchev–Trinajstić information content (AvgIpc) is 3.32. The molecule has 186 valence electrons. The molecule has 2 amide bonds.